The van der Waals surface area contributed by atoms with Crippen molar-refractivity contribution in [2.24, 2.45) is 0 Å². The van der Waals surface area contributed by atoms with Crippen molar-refractivity contribution < 1.29 is 0 Å². The molecular formula is C5H14ClN3. The summed E-state index contributed by atoms with van der Waals surface area (Å²) in [5, 5.41) is 1.97. The summed E-state index contributed by atoms with van der Waals surface area (Å²) in [4.78, 5) is 0. The highest BCUT2D eigenvalue weighted by Crippen LogP contribution is 1.92. The highest BCUT2D eigenvalue weighted by Gasteiger charge is 2.01. The van der Waals surface area contributed by atoms with Crippen molar-refractivity contribution in [2.45, 2.75) is 12.3 Å². The number of halogens is 1. The molecule has 0 amide bonds. The van der Waals surface area contributed by atoms with Crippen molar-refractivity contribution in [3.63, 3.8) is 0 Å². The number of rotatable bonds is 4. The Hall–Kier alpha value is 0.170. The Morgan fingerprint density at radius 3 is 2.00 bits per heavy atom. The normalized spacial score (nSPS) is 14.3. The molecule has 0 bridgehead atoms. The Bertz CT molecular complexity index is 63.2. The van der Waals surface area contributed by atoms with Crippen LogP contribution in [0.15, 0.2) is 0 Å². The number of nitrogens with one attached hydrogen (secondary N) is 2. The summed E-state index contributed by atoms with van der Waals surface area (Å²) >= 11 is 5.71. The lowest BCUT2D eigenvalue weighted by atomic mass is 10.5. The van der Waals surface area contributed by atoms with Crippen LogP contribution in [0, 0.1) is 0 Å². The topological polar surface area (TPSA) is 27.3 Å². The van der Waals surface area contributed by atoms with E-state index >= 15 is 0 Å². The van der Waals surface area contributed by atoms with Crippen molar-refractivity contribution in [3.8, 4) is 0 Å². The van der Waals surface area contributed by atoms with Gasteiger partial charge in [0.2, 0.25) is 0 Å². The standard InChI is InChI=1S/C5H14ClN3/c1-5(6)4-9(7-2)8-3/h5,7-8H,4H2,1-3H3. The molecule has 0 radical (unpaired) electrons. The van der Waals surface area contributed by atoms with Gasteiger partial charge >= 0.3 is 0 Å². The third kappa shape index (κ3) is 4.66. The van der Waals surface area contributed by atoms with E-state index < -0.39 is 0 Å². The molecule has 0 saturated heterocycles. The Balaban J connectivity index is 3.31. The molecule has 56 valence electrons. The third-order valence-corrected chi connectivity index (χ3v) is 1.11. The second-order valence-corrected chi connectivity index (χ2v) is 2.58. The zero-order chi connectivity index (χ0) is 7.28. The molecule has 0 saturated carbocycles. The average Bonchev–Trinajstić information content (AvgIpc) is 1.82. The van der Waals surface area contributed by atoms with Crippen molar-refractivity contribution in [3.05, 3.63) is 0 Å². The van der Waals surface area contributed by atoms with Gasteiger partial charge < -0.3 is 0 Å². The highest BCUT2D eigenvalue weighted by atomic mass is 35.5. The molecule has 4 heteroatoms. The molecule has 3 nitrogen and oxygen atoms in total. The molecule has 2 N–H and O–H groups in total. The zero-order valence-corrected chi connectivity index (χ0v) is 6.87. The first-order valence-electron chi connectivity index (χ1n) is 2.97. The molecule has 0 spiro atoms. The fourth-order valence-electron chi connectivity index (χ4n) is 0.546. The summed E-state index contributed by atoms with van der Waals surface area (Å²) < 4.78 is 0. The van der Waals surface area contributed by atoms with Gasteiger partial charge in [0.15, 0.2) is 0 Å². The monoisotopic (exact) mass is 151 g/mol. The first-order chi connectivity index (χ1) is 4.20. The van der Waals surface area contributed by atoms with Crippen LogP contribution in [-0.2, 0) is 0 Å². The van der Waals surface area contributed by atoms with Crippen LogP contribution in [0.4, 0.5) is 0 Å². The van der Waals surface area contributed by atoms with E-state index in [4.69, 9.17) is 11.6 Å². The van der Waals surface area contributed by atoms with Crippen molar-refractivity contribution >= 4 is 11.6 Å². The molecule has 0 heterocycles. The maximum absolute atomic E-state index is 5.71. The molecule has 0 aliphatic heterocycles. The molecular weight excluding hydrogens is 138 g/mol. The molecule has 0 aromatic rings. The van der Waals surface area contributed by atoms with E-state index in [2.05, 4.69) is 10.9 Å². The molecule has 0 aliphatic carbocycles. The smallest absolute Gasteiger partial charge is 0.0463 e. The quantitative estimate of drug-likeness (QED) is 0.444. The van der Waals surface area contributed by atoms with Gasteiger partial charge in [-0.25, -0.2) is 10.9 Å². The van der Waals surface area contributed by atoms with E-state index in [-0.39, 0.29) is 5.38 Å². The van der Waals surface area contributed by atoms with Crippen LogP contribution in [-0.4, -0.2) is 31.1 Å². The van der Waals surface area contributed by atoms with E-state index in [0.717, 1.165) is 6.54 Å². The maximum atomic E-state index is 5.71. The molecule has 0 fully saturated rings. The first-order valence-corrected chi connectivity index (χ1v) is 3.40. The molecule has 0 rings (SSSR count). The van der Waals surface area contributed by atoms with Gasteiger partial charge in [-0.2, -0.15) is 5.12 Å². The SMILES string of the molecule is CNN(CC(C)Cl)NC. The van der Waals surface area contributed by atoms with E-state index in [0.29, 0.717) is 0 Å². The highest BCUT2D eigenvalue weighted by molar-refractivity contribution is 6.20. The van der Waals surface area contributed by atoms with Crippen LogP contribution in [0.5, 0.6) is 0 Å². The number of nitrogens with zero attached hydrogens (tertiary/aromatic N) is 1. The molecule has 0 aliphatic rings. The second kappa shape index (κ2) is 4.99. The van der Waals surface area contributed by atoms with Gasteiger partial charge in [-0.05, 0) is 6.92 Å². The van der Waals surface area contributed by atoms with E-state index in [1.165, 1.54) is 0 Å². The third-order valence-electron chi connectivity index (χ3n) is 0.974. The summed E-state index contributed by atoms with van der Waals surface area (Å²) in [5.74, 6) is 0. The minimum absolute atomic E-state index is 0.157. The lowest BCUT2D eigenvalue weighted by molar-refractivity contribution is 0.147. The van der Waals surface area contributed by atoms with Crippen LogP contribution in [0.2, 0.25) is 0 Å². The molecule has 9 heavy (non-hydrogen) atoms. The fourth-order valence-corrected chi connectivity index (χ4v) is 0.684. The van der Waals surface area contributed by atoms with Crippen LogP contribution in [0.3, 0.4) is 0 Å². The summed E-state index contributed by atoms with van der Waals surface area (Å²) in [6.07, 6.45) is 0. The average molecular weight is 152 g/mol. The number of hydrazine groups is 2. The molecule has 0 aromatic carbocycles. The maximum Gasteiger partial charge on any atom is 0.0463 e. The van der Waals surface area contributed by atoms with Gasteiger partial charge in [-0.3, -0.25) is 0 Å². The summed E-state index contributed by atoms with van der Waals surface area (Å²) in [5.41, 5.74) is 5.84. The minimum atomic E-state index is 0.157. The molecule has 0 aromatic heterocycles. The number of alkyl halides is 1. The van der Waals surface area contributed by atoms with Crippen LogP contribution in [0.1, 0.15) is 6.92 Å². The minimum Gasteiger partial charge on any atom is -0.245 e. The Morgan fingerprint density at radius 1 is 1.44 bits per heavy atom. The predicted molar refractivity (Wildman–Crippen MR) is 40.1 cm³/mol. The molecule has 1 atom stereocenters. The van der Waals surface area contributed by atoms with Crippen LogP contribution in [0.25, 0.3) is 0 Å². The number of hydrogen-bond acceptors (Lipinski definition) is 3. The van der Waals surface area contributed by atoms with E-state index in [1.807, 2.05) is 26.1 Å². The lowest BCUT2D eigenvalue weighted by Crippen LogP contribution is -2.46. The van der Waals surface area contributed by atoms with Crippen LogP contribution >= 0.6 is 11.6 Å². The second-order valence-electron chi connectivity index (χ2n) is 1.84. The predicted octanol–water partition coefficient (Wildman–Crippen LogP) is 0.184. The summed E-state index contributed by atoms with van der Waals surface area (Å²) in [6.45, 7) is 2.73. The van der Waals surface area contributed by atoms with Crippen molar-refractivity contribution in [2.75, 3.05) is 20.6 Å². The van der Waals surface area contributed by atoms with E-state index in [9.17, 15) is 0 Å². The van der Waals surface area contributed by atoms with Crippen molar-refractivity contribution in [1.82, 2.24) is 16.0 Å². The largest absolute Gasteiger partial charge is 0.245 e. The van der Waals surface area contributed by atoms with Gasteiger partial charge in [-0.15, -0.1) is 11.6 Å². The number of hydrogen-bond donors (Lipinski definition) is 2. The Morgan fingerprint density at radius 2 is 1.89 bits per heavy atom. The van der Waals surface area contributed by atoms with Crippen molar-refractivity contribution in [1.29, 1.82) is 0 Å². The van der Waals surface area contributed by atoms with Gasteiger partial charge in [0.05, 0.1) is 0 Å². The van der Waals surface area contributed by atoms with Gasteiger partial charge in [0.25, 0.3) is 0 Å². The Kier molecular flexibility index (Phi) is 5.09. The first kappa shape index (κ1) is 9.17. The molecule has 1 unspecified atom stereocenters. The van der Waals surface area contributed by atoms with Gasteiger partial charge in [0.1, 0.15) is 0 Å². The lowest BCUT2D eigenvalue weighted by Gasteiger charge is -2.20. The zero-order valence-electron chi connectivity index (χ0n) is 6.11. The summed E-state index contributed by atoms with van der Waals surface area (Å²) in [7, 11) is 3.69. The summed E-state index contributed by atoms with van der Waals surface area (Å²) in [6, 6.07) is 0. The van der Waals surface area contributed by atoms with Gasteiger partial charge in [-0.1, -0.05) is 0 Å². The van der Waals surface area contributed by atoms with E-state index in [1.54, 1.807) is 0 Å². The van der Waals surface area contributed by atoms with Crippen LogP contribution < -0.4 is 10.9 Å². The van der Waals surface area contributed by atoms with Gasteiger partial charge in [0, 0.05) is 26.0 Å². The Labute approximate surface area is 61.3 Å². The fraction of sp³-hybridized carbons (Fsp3) is 1.00.